The van der Waals surface area contributed by atoms with Gasteiger partial charge < -0.3 is 4.48 Å². The average Bonchev–Trinajstić information content (AvgIpc) is 1.95. The van der Waals surface area contributed by atoms with E-state index in [0.29, 0.717) is 5.54 Å². The van der Waals surface area contributed by atoms with E-state index in [0.717, 1.165) is 0 Å². The SMILES string of the molecule is CC[N+]1(C)CCCCC1(C)C. The highest BCUT2D eigenvalue weighted by molar-refractivity contribution is 4.73. The molecule has 0 aromatic rings. The van der Waals surface area contributed by atoms with Crippen LogP contribution in [0.2, 0.25) is 0 Å². The van der Waals surface area contributed by atoms with Crippen LogP contribution in [0, 0.1) is 0 Å². The maximum atomic E-state index is 2.41. The Morgan fingerprint density at radius 1 is 1.27 bits per heavy atom. The van der Waals surface area contributed by atoms with Gasteiger partial charge in [-0.3, -0.25) is 0 Å². The summed E-state index contributed by atoms with van der Waals surface area (Å²) >= 11 is 0. The Morgan fingerprint density at radius 3 is 2.27 bits per heavy atom. The number of quaternary nitrogens is 1. The van der Waals surface area contributed by atoms with Gasteiger partial charge in [0.25, 0.3) is 0 Å². The van der Waals surface area contributed by atoms with Crippen molar-refractivity contribution in [2.75, 3.05) is 20.1 Å². The first kappa shape index (κ1) is 9.05. The second-order valence-electron chi connectivity index (χ2n) is 4.71. The predicted octanol–water partition coefficient (Wildman–Crippen LogP) is 2.42. The van der Waals surface area contributed by atoms with Gasteiger partial charge in [0.1, 0.15) is 0 Å². The fraction of sp³-hybridized carbons (Fsp3) is 1.00. The summed E-state index contributed by atoms with van der Waals surface area (Å²) in [6.07, 6.45) is 4.26. The molecule has 1 atom stereocenters. The first-order chi connectivity index (χ1) is 5.02. The molecule has 0 spiro atoms. The molecule has 66 valence electrons. The van der Waals surface area contributed by atoms with Gasteiger partial charge in [0.2, 0.25) is 0 Å². The Labute approximate surface area is 71.0 Å². The van der Waals surface area contributed by atoms with Crippen molar-refractivity contribution in [3.8, 4) is 0 Å². The predicted molar refractivity (Wildman–Crippen MR) is 49.5 cm³/mol. The largest absolute Gasteiger partial charge is 0.322 e. The number of hydrogen-bond acceptors (Lipinski definition) is 0. The van der Waals surface area contributed by atoms with Gasteiger partial charge >= 0.3 is 0 Å². The average molecular weight is 156 g/mol. The lowest BCUT2D eigenvalue weighted by Gasteiger charge is -2.50. The summed E-state index contributed by atoms with van der Waals surface area (Å²) < 4.78 is 1.27. The van der Waals surface area contributed by atoms with Crippen molar-refractivity contribution in [1.29, 1.82) is 0 Å². The molecule has 1 fully saturated rings. The monoisotopic (exact) mass is 156 g/mol. The number of piperidine rings is 1. The third kappa shape index (κ3) is 1.44. The van der Waals surface area contributed by atoms with Crippen molar-refractivity contribution >= 4 is 0 Å². The molecule has 0 saturated carbocycles. The smallest absolute Gasteiger partial charge is 0.0933 e. The molecule has 0 aromatic carbocycles. The van der Waals surface area contributed by atoms with Crippen LogP contribution in [0.5, 0.6) is 0 Å². The fourth-order valence-electron chi connectivity index (χ4n) is 2.18. The van der Waals surface area contributed by atoms with Crippen molar-refractivity contribution in [2.24, 2.45) is 0 Å². The number of likely N-dealkylation sites (tertiary alicyclic amines) is 1. The Hall–Kier alpha value is -0.0400. The van der Waals surface area contributed by atoms with E-state index in [-0.39, 0.29) is 0 Å². The zero-order valence-corrected chi connectivity index (χ0v) is 8.48. The van der Waals surface area contributed by atoms with E-state index < -0.39 is 0 Å². The van der Waals surface area contributed by atoms with Crippen LogP contribution in [0.3, 0.4) is 0 Å². The summed E-state index contributed by atoms with van der Waals surface area (Å²) in [6.45, 7) is 9.80. The summed E-state index contributed by atoms with van der Waals surface area (Å²) in [5, 5.41) is 0. The van der Waals surface area contributed by atoms with E-state index in [2.05, 4.69) is 27.8 Å². The van der Waals surface area contributed by atoms with E-state index in [4.69, 9.17) is 0 Å². The first-order valence-electron chi connectivity index (χ1n) is 4.86. The van der Waals surface area contributed by atoms with Crippen molar-refractivity contribution < 1.29 is 4.48 Å². The zero-order valence-electron chi connectivity index (χ0n) is 8.48. The molecular weight excluding hydrogens is 134 g/mol. The number of hydrogen-bond donors (Lipinski definition) is 0. The van der Waals surface area contributed by atoms with Crippen LogP contribution in [-0.4, -0.2) is 30.2 Å². The van der Waals surface area contributed by atoms with E-state index in [1.54, 1.807) is 0 Å². The fourth-order valence-corrected chi connectivity index (χ4v) is 2.18. The number of nitrogens with zero attached hydrogens (tertiary/aromatic N) is 1. The minimum Gasteiger partial charge on any atom is -0.322 e. The minimum absolute atomic E-state index is 0.521. The minimum atomic E-state index is 0.521. The Bertz CT molecular complexity index is 140. The maximum Gasteiger partial charge on any atom is 0.0933 e. The highest BCUT2D eigenvalue weighted by atomic mass is 15.4. The number of rotatable bonds is 1. The van der Waals surface area contributed by atoms with E-state index in [1.807, 2.05) is 0 Å². The highest BCUT2D eigenvalue weighted by Crippen LogP contribution is 2.32. The van der Waals surface area contributed by atoms with Crippen LogP contribution < -0.4 is 0 Å². The molecule has 0 aliphatic carbocycles. The van der Waals surface area contributed by atoms with Crippen molar-refractivity contribution in [3.05, 3.63) is 0 Å². The topological polar surface area (TPSA) is 0 Å². The van der Waals surface area contributed by atoms with E-state index in [9.17, 15) is 0 Å². The molecule has 0 radical (unpaired) electrons. The van der Waals surface area contributed by atoms with Gasteiger partial charge in [0.05, 0.1) is 25.7 Å². The molecule has 1 heterocycles. The van der Waals surface area contributed by atoms with Crippen LogP contribution in [0.25, 0.3) is 0 Å². The molecule has 0 bridgehead atoms. The Kier molecular flexibility index (Phi) is 2.29. The Morgan fingerprint density at radius 2 is 1.91 bits per heavy atom. The van der Waals surface area contributed by atoms with Gasteiger partial charge in [-0.2, -0.15) is 0 Å². The highest BCUT2D eigenvalue weighted by Gasteiger charge is 2.40. The molecule has 11 heavy (non-hydrogen) atoms. The van der Waals surface area contributed by atoms with Crippen LogP contribution in [0.1, 0.15) is 40.0 Å². The van der Waals surface area contributed by atoms with Crippen LogP contribution in [0.4, 0.5) is 0 Å². The van der Waals surface area contributed by atoms with Crippen molar-refractivity contribution in [2.45, 2.75) is 45.6 Å². The lowest BCUT2D eigenvalue weighted by Crippen LogP contribution is -2.61. The zero-order chi connectivity index (χ0) is 8.54. The molecule has 1 heteroatoms. The van der Waals surface area contributed by atoms with Crippen LogP contribution in [0.15, 0.2) is 0 Å². The van der Waals surface area contributed by atoms with E-state index >= 15 is 0 Å². The Balaban J connectivity index is 2.74. The lowest BCUT2D eigenvalue weighted by atomic mass is 9.88. The first-order valence-corrected chi connectivity index (χ1v) is 4.86. The molecule has 0 amide bonds. The molecule has 1 rings (SSSR count). The van der Waals surface area contributed by atoms with Crippen molar-refractivity contribution in [1.82, 2.24) is 0 Å². The molecule has 1 nitrogen and oxygen atoms in total. The molecular formula is C10H22N+. The third-order valence-electron chi connectivity index (χ3n) is 3.85. The van der Waals surface area contributed by atoms with Gasteiger partial charge in [-0.05, 0) is 33.6 Å². The summed E-state index contributed by atoms with van der Waals surface area (Å²) in [4.78, 5) is 0. The molecule has 0 N–H and O–H groups in total. The van der Waals surface area contributed by atoms with Gasteiger partial charge in [0, 0.05) is 6.42 Å². The standard InChI is InChI=1S/C10H22N/c1-5-11(4)9-7-6-8-10(11,2)3/h5-9H2,1-4H3/q+1. The van der Waals surface area contributed by atoms with Gasteiger partial charge in [-0.25, -0.2) is 0 Å². The molecule has 0 aromatic heterocycles. The van der Waals surface area contributed by atoms with E-state index in [1.165, 1.54) is 36.8 Å². The van der Waals surface area contributed by atoms with Gasteiger partial charge in [-0.15, -0.1) is 0 Å². The second kappa shape index (κ2) is 2.78. The van der Waals surface area contributed by atoms with Crippen LogP contribution in [-0.2, 0) is 0 Å². The molecule has 1 saturated heterocycles. The summed E-state index contributed by atoms with van der Waals surface area (Å²) in [5.74, 6) is 0. The lowest BCUT2D eigenvalue weighted by molar-refractivity contribution is -0.959. The molecule has 1 aliphatic heterocycles. The summed E-state index contributed by atoms with van der Waals surface area (Å²) in [7, 11) is 2.40. The van der Waals surface area contributed by atoms with Crippen LogP contribution >= 0.6 is 0 Å². The molecule has 1 unspecified atom stereocenters. The maximum absolute atomic E-state index is 2.41. The quantitative estimate of drug-likeness (QED) is 0.511. The second-order valence-corrected chi connectivity index (χ2v) is 4.71. The van der Waals surface area contributed by atoms with Gasteiger partial charge in [-0.1, -0.05) is 0 Å². The van der Waals surface area contributed by atoms with Crippen molar-refractivity contribution in [3.63, 3.8) is 0 Å². The van der Waals surface area contributed by atoms with Gasteiger partial charge in [0.15, 0.2) is 0 Å². The normalized spacial score (nSPS) is 37.1. The summed E-state index contributed by atoms with van der Waals surface area (Å²) in [6, 6.07) is 0. The summed E-state index contributed by atoms with van der Waals surface area (Å²) in [5.41, 5.74) is 0.521. The molecule has 1 aliphatic rings. The third-order valence-corrected chi connectivity index (χ3v) is 3.85.